The molecule has 0 aliphatic heterocycles. The number of allylic oxidation sites excluding steroid dienone is 1. The molecule has 0 spiro atoms. The lowest BCUT2D eigenvalue weighted by Crippen LogP contribution is -2.19. The molecule has 2 rings (SSSR count). The van der Waals surface area contributed by atoms with Gasteiger partial charge in [-0.2, -0.15) is 5.10 Å². The highest BCUT2D eigenvalue weighted by Crippen LogP contribution is 2.29. The van der Waals surface area contributed by atoms with Crippen molar-refractivity contribution < 1.29 is 14.3 Å². The maximum Gasteiger partial charge on any atom is 0.224 e. The summed E-state index contributed by atoms with van der Waals surface area (Å²) in [6, 6.07) is 11.0. The number of aldehydes is 1. The number of amides is 1. The molecule has 0 heterocycles. The van der Waals surface area contributed by atoms with Crippen molar-refractivity contribution in [2.45, 2.75) is 25.7 Å². The Morgan fingerprint density at radius 2 is 2.06 bits per heavy atom. The molecule has 2 aromatic rings. The van der Waals surface area contributed by atoms with Crippen LogP contribution in [0.2, 0.25) is 0 Å². The number of ether oxygens (including phenoxy) is 1. The standard InChI is InChI=1S/C25H33N5O3/c1-5-18(19-7-6-8-22(12-19)33-10-9-30(3)4)13-24(32)29-21-11-20(16-31)25(23(26)14-21)17(2)15-28-27/h6-8,11-12,14-16,18H,2,5,9-10,13,26-27H2,1,3-4H3,(H,29,32)/b28-15-. The minimum Gasteiger partial charge on any atom is -0.492 e. The van der Waals surface area contributed by atoms with Crippen LogP contribution in [-0.4, -0.2) is 50.6 Å². The molecule has 0 bridgehead atoms. The summed E-state index contributed by atoms with van der Waals surface area (Å²) in [5, 5.41) is 6.27. The fraction of sp³-hybridized carbons (Fsp3) is 0.320. The maximum atomic E-state index is 12.8. The van der Waals surface area contributed by atoms with E-state index in [9.17, 15) is 9.59 Å². The van der Waals surface area contributed by atoms with Gasteiger partial charge in [0.1, 0.15) is 12.4 Å². The first kappa shape index (κ1) is 25.6. The molecule has 0 fully saturated rings. The van der Waals surface area contributed by atoms with Gasteiger partial charge in [-0.3, -0.25) is 9.59 Å². The van der Waals surface area contributed by atoms with E-state index in [4.69, 9.17) is 16.3 Å². The smallest absolute Gasteiger partial charge is 0.224 e. The van der Waals surface area contributed by atoms with Gasteiger partial charge in [-0.25, -0.2) is 0 Å². The molecule has 0 saturated heterocycles. The second-order valence-corrected chi connectivity index (χ2v) is 8.03. The van der Waals surface area contributed by atoms with Gasteiger partial charge in [-0.1, -0.05) is 25.6 Å². The first-order chi connectivity index (χ1) is 15.8. The Morgan fingerprint density at radius 1 is 1.30 bits per heavy atom. The summed E-state index contributed by atoms with van der Waals surface area (Å²) < 4.78 is 5.83. The van der Waals surface area contributed by atoms with E-state index in [1.165, 1.54) is 6.21 Å². The van der Waals surface area contributed by atoms with E-state index >= 15 is 0 Å². The zero-order valence-electron chi connectivity index (χ0n) is 19.5. The van der Waals surface area contributed by atoms with Crippen LogP contribution in [0.25, 0.3) is 5.57 Å². The molecule has 1 amide bonds. The Labute approximate surface area is 195 Å². The summed E-state index contributed by atoms with van der Waals surface area (Å²) in [6.45, 7) is 7.28. The highest BCUT2D eigenvalue weighted by Gasteiger charge is 2.17. The number of carbonyl (C=O) groups is 2. The first-order valence-electron chi connectivity index (χ1n) is 10.8. The molecule has 2 aromatic carbocycles. The predicted molar refractivity (Wildman–Crippen MR) is 135 cm³/mol. The van der Waals surface area contributed by atoms with Crippen LogP contribution in [0.5, 0.6) is 5.75 Å². The van der Waals surface area contributed by atoms with Crippen molar-refractivity contribution in [1.29, 1.82) is 0 Å². The van der Waals surface area contributed by atoms with Gasteiger partial charge in [0.25, 0.3) is 0 Å². The number of nitrogens with two attached hydrogens (primary N) is 2. The average molecular weight is 452 g/mol. The average Bonchev–Trinajstić information content (AvgIpc) is 2.77. The lowest BCUT2D eigenvalue weighted by Gasteiger charge is -2.18. The lowest BCUT2D eigenvalue weighted by molar-refractivity contribution is -0.116. The number of nitrogen functional groups attached to an aromatic ring is 1. The normalized spacial score (nSPS) is 12.0. The Bertz CT molecular complexity index is 1020. The van der Waals surface area contributed by atoms with E-state index in [0.29, 0.717) is 41.0 Å². The number of hydrazone groups is 1. The Kier molecular flexibility index (Phi) is 9.62. The van der Waals surface area contributed by atoms with Crippen LogP contribution in [0.3, 0.4) is 0 Å². The van der Waals surface area contributed by atoms with E-state index in [-0.39, 0.29) is 18.2 Å². The molecule has 176 valence electrons. The molecule has 8 heteroatoms. The molecule has 0 radical (unpaired) electrons. The zero-order chi connectivity index (χ0) is 24.4. The number of carbonyl (C=O) groups excluding carboxylic acids is 2. The Morgan fingerprint density at radius 3 is 2.70 bits per heavy atom. The first-order valence-corrected chi connectivity index (χ1v) is 10.8. The zero-order valence-corrected chi connectivity index (χ0v) is 19.5. The van der Waals surface area contributed by atoms with Gasteiger partial charge in [0.05, 0.1) is 6.21 Å². The number of nitrogens with one attached hydrogen (secondary N) is 1. The minimum atomic E-state index is -0.174. The molecule has 5 N–H and O–H groups in total. The Balaban J connectivity index is 2.12. The van der Waals surface area contributed by atoms with Crippen molar-refractivity contribution in [3.63, 3.8) is 0 Å². The van der Waals surface area contributed by atoms with Gasteiger partial charge in [-0.05, 0) is 61.8 Å². The molecule has 0 saturated carbocycles. The van der Waals surface area contributed by atoms with Crippen molar-refractivity contribution in [3.05, 3.63) is 59.7 Å². The summed E-state index contributed by atoms with van der Waals surface area (Å²) >= 11 is 0. The van der Waals surface area contributed by atoms with Gasteiger partial charge in [-0.15, -0.1) is 0 Å². The van der Waals surface area contributed by atoms with Gasteiger partial charge < -0.3 is 26.5 Å². The molecule has 8 nitrogen and oxygen atoms in total. The molecular weight excluding hydrogens is 418 g/mol. The topological polar surface area (TPSA) is 123 Å². The third-order valence-electron chi connectivity index (χ3n) is 5.22. The minimum absolute atomic E-state index is 0.0186. The van der Waals surface area contributed by atoms with Crippen LogP contribution in [-0.2, 0) is 4.79 Å². The summed E-state index contributed by atoms with van der Waals surface area (Å²) in [6.07, 6.45) is 3.05. The predicted octanol–water partition coefficient (Wildman–Crippen LogP) is 3.50. The van der Waals surface area contributed by atoms with Gasteiger partial charge in [0.15, 0.2) is 6.29 Å². The lowest BCUT2D eigenvalue weighted by atomic mass is 9.92. The number of benzene rings is 2. The summed E-state index contributed by atoms with van der Waals surface area (Å²) in [4.78, 5) is 26.4. The largest absolute Gasteiger partial charge is 0.492 e. The molecule has 0 aliphatic rings. The van der Waals surface area contributed by atoms with Gasteiger partial charge >= 0.3 is 0 Å². The highest BCUT2D eigenvalue weighted by atomic mass is 16.5. The molecule has 0 aliphatic carbocycles. The van der Waals surface area contributed by atoms with E-state index in [2.05, 4.69) is 21.9 Å². The molecular formula is C25H33N5O3. The summed E-state index contributed by atoms with van der Waals surface area (Å²) in [5.41, 5.74) is 9.03. The van der Waals surface area contributed by atoms with Crippen LogP contribution < -0.4 is 21.6 Å². The molecule has 1 unspecified atom stereocenters. The van der Waals surface area contributed by atoms with Crippen LogP contribution in [0.1, 0.15) is 47.2 Å². The number of hydrogen-bond donors (Lipinski definition) is 3. The highest BCUT2D eigenvalue weighted by molar-refractivity contribution is 6.14. The van der Waals surface area contributed by atoms with Crippen LogP contribution in [0.15, 0.2) is 48.1 Å². The van der Waals surface area contributed by atoms with Crippen molar-refractivity contribution in [2.24, 2.45) is 10.9 Å². The van der Waals surface area contributed by atoms with E-state index < -0.39 is 0 Å². The van der Waals surface area contributed by atoms with E-state index in [1.54, 1.807) is 12.1 Å². The number of likely N-dealkylation sites (N-methyl/N-ethyl adjacent to an activating group) is 1. The third kappa shape index (κ3) is 7.47. The van der Waals surface area contributed by atoms with Crippen molar-refractivity contribution in [1.82, 2.24) is 4.90 Å². The quantitative estimate of drug-likeness (QED) is 0.149. The molecule has 1 atom stereocenters. The maximum absolute atomic E-state index is 12.8. The van der Waals surface area contributed by atoms with Crippen molar-refractivity contribution in [3.8, 4) is 5.75 Å². The second kappa shape index (κ2) is 12.4. The SMILES string of the molecule is C=C(/C=N\N)c1c(N)cc(NC(=O)CC(CC)c2cccc(OCCN(C)C)c2)cc1C=O. The fourth-order valence-electron chi connectivity index (χ4n) is 3.52. The molecule has 0 aromatic heterocycles. The van der Waals surface area contributed by atoms with Gasteiger partial charge in [0.2, 0.25) is 5.91 Å². The number of anilines is 2. The number of hydrogen-bond acceptors (Lipinski definition) is 7. The Hall–Kier alpha value is -3.65. The second-order valence-electron chi connectivity index (χ2n) is 8.03. The summed E-state index contributed by atoms with van der Waals surface area (Å²) in [7, 11) is 3.99. The number of nitrogens with zero attached hydrogens (tertiary/aromatic N) is 2. The van der Waals surface area contributed by atoms with E-state index in [0.717, 1.165) is 24.3 Å². The third-order valence-corrected chi connectivity index (χ3v) is 5.22. The van der Waals surface area contributed by atoms with E-state index in [1.807, 2.05) is 45.3 Å². The van der Waals surface area contributed by atoms with Crippen LogP contribution in [0, 0.1) is 0 Å². The molecule has 33 heavy (non-hydrogen) atoms. The van der Waals surface area contributed by atoms with Gasteiger partial charge in [0, 0.05) is 35.5 Å². The summed E-state index contributed by atoms with van der Waals surface area (Å²) in [5.74, 6) is 5.80. The van der Waals surface area contributed by atoms with Crippen LogP contribution >= 0.6 is 0 Å². The van der Waals surface area contributed by atoms with Crippen LogP contribution in [0.4, 0.5) is 11.4 Å². The monoisotopic (exact) mass is 451 g/mol. The fourth-order valence-corrected chi connectivity index (χ4v) is 3.52. The number of rotatable bonds is 12. The van der Waals surface area contributed by atoms with Crippen molar-refractivity contribution in [2.75, 3.05) is 38.3 Å². The van der Waals surface area contributed by atoms with Crippen molar-refractivity contribution >= 4 is 35.4 Å².